The summed E-state index contributed by atoms with van der Waals surface area (Å²) in [5.41, 5.74) is 2.74. The SMILES string of the molecule is O=C1C(=O)N(Cc2ccc(-c3ccc(Br)nc3)cc2)c2ccc(OC(F)(F)F)cc21. The van der Waals surface area contributed by atoms with Crippen LogP contribution < -0.4 is 9.64 Å². The van der Waals surface area contributed by atoms with Gasteiger partial charge in [-0.05, 0) is 51.3 Å². The van der Waals surface area contributed by atoms with Crippen LogP contribution in [-0.4, -0.2) is 23.0 Å². The van der Waals surface area contributed by atoms with E-state index in [1.165, 1.54) is 11.0 Å². The van der Waals surface area contributed by atoms with Crippen molar-refractivity contribution in [1.29, 1.82) is 0 Å². The number of nitrogens with zero attached hydrogens (tertiary/aromatic N) is 2. The molecule has 152 valence electrons. The molecule has 30 heavy (non-hydrogen) atoms. The van der Waals surface area contributed by atoms with Gasteiger partial charge in [0.15, 0.2) is 0 Å². The van der Waals surface area contributed by atoms with Gasteiger partial charge in [-0.3, -0.25) is 9.59 Å². The van der Waals surface area contributed by atoms with E-state index in [4.69, 9.17) is 0 Å². The van der Waals surface area contributed by atoms with Gasteiger partial charge in [0.1, 0.15) is 10.4 Å². The van der Waals surface area contributed by atoms with Crippen LogP contribution in [0.15, 0.2) is 65.4 Å². The van der Waals surface area contributed by atoms with Crippen LogP contribution in [0, 0.1) is 0 Å². The summed E-state index contributed by atoms with van der Waals surface area (Å²) in [4.78, 5) is 30.0. The van der Waals surface area contributed by atoms with E-state index in [9.17, 15) is 22.8 Å². The Bertz CT molecular complexity index is 1130. The summed E-state index contributed by atoms with van der Waals surface area (Å²) in [5, 5.41) is 0. The summed E-state index contributed by atoms with van der Waals surface area (Å²) >= 11 is 3.28. The molecule has 9 heteroatoms. The number of carbonyl (C=O) groups excluding carboxylic acids is 2. The van der Waals surface area contributed by atoms with Crippen LogP contribution in [0.4, 0.5) is 18.9 Å². The molecule has 5 nitrogen and oxygen atoms in total. The first-order valence-electron chi connectivity index (χ1n) is 8.68. The average Bonchev–Trinajstić information content (AvgIpc) is 2.93. The molecule has 0 radical (unpaired) electrons. The number of anilines is 1. The third-order valence-corrected chi connectivity index (χ3v) is 5.00. The number of ether oxygens (including phenoxy) is 1. The van der Waals surface area contributed by atoms with Crippen molar-refractivity contribution in [2.24, 2.45) is 0 Å². The van der Waals surface area contributed by atoms with E-state index < -0.39 is 23.8 Å². The fourth-order valence-electron chi connectivity index (χ4n) is 3.17. The van der Waals surface area contributed by atoms with Gasteiger partial charge in [0.2, 0.25) is 0 Å². The molecule has 0 N–H and O–H groups in total. The number of aromatic nitrogens is 1. The Hall–Kier alpha value is -3.20. The molecule has 1 aliphatic heterocycles. The van der Waals surface area contributed by atoms with Gasteiger partial charge in [-0.25, -0.2) is 4.98 Å². The maximum absolute atomic E-state index is 12.4. The first kappa shape index (κ1) is 20.1. The predicted octanol–water partition coefficient (Wildman–Crippen LogP) is 5.14. The lowest BCUT2D eigenvalue weighted by molar-refractivity contribution is -0.274. The van der Waals surface area contributed by atoms with Gasteiger partial charge < -0.3 is 9.64 Å². The molecule has 0 atom stereocenters. The van der Waals surface area contributed by atoms with Crippen molar-refractivity contribution < 1.29 is 27.5 Å². The normalized spacial score (nSPS) is 13.5. The van der Waals surface area contributed by atoms with Crippen molar-refractivity contribution >= 4 is 33.3 Å². The molecule has 1 aromatic heterocycles. The van der Waals surface area contributed by atoms with Crippen molar-refractivity contribution in [2.75, 3.05) is 4.90 Å². The molecular weight excluding hydrogens is 465 g/mol. The van der Waals surface area contributed by atoms with Gasteiger partial charge >= 0.3 is 6.36 Å². The molecular formula is C21H12BrF3N2O3. The van der Waals surface area contributed by atoms with Gasteiger partial charge in [0.25, 0.3) is 11.7 Å². The largest absolute Gasteiger partial charge is 0.573 e. The zero-order chi connectivity index (χ0) is 21.5. The summed E-state index contributed by atoms with van der Waals surface area (Å²) in [6.07, 6.45) is -3.16. The highest BCUT2D eigenvalue weighted by Gasteiger charge is 2.37. The summed E-state index contributed by atoms with van der Waals surface area (Å²) < 4.78 is 41.8. The first-order valence-corrected chi connectivity index (χ1v) is 9.47. The molecule has 0 spiro atoms. The van der Waals surface area contributed by atoms with Crippen LogP contribution in [0.2, 0.25) is 0 Å². The van der Waals surface area contributed by atoms with Crippen LogP contribution in [0.1, 0.15) is 15.9 Å². The van der Waals surface area contributed by atoms with Gasteiger partial charge in [0.05, 0.1) is 17.8 Å². The second-order valence-corrected chi connectivity index (χ2v) is 7.33. The van der Waals surface area contributed by atoms with E-state index in [-0.39, 0.29) is 17.8 Å². The minimum atomic E-state index is -4.88. The smallest absolute Gasteiger partial charge is 0.406 e. The molecule has 4 rings (SSSR count). The van der Waals surface area contributed by atoms with E-state index in [0.29, 0.717) is 0 Å². The third-order valence-electron chi connectivity index (χ3n) is 4.53. The molecule has 1 amide bonds. The first-order chi connectivity index (χ1) is 14.2. The number of pyridine rings is 1. The molecule has 0 saturated heterocycles. The van der Waals surface area contributed by atoms with Crippen molar-refractivity contribution in [3.63, 3.8) is 0 Å². The number of hydrogen-bond acceptors (Lipinski definition) is 4. The molecule has 0 unspecified atom stereocenters. The number of alkyl halides is 3. The standard InChI is InChI=1S/C21H12BrF3N2O3/c22-18-8-5-14(10-26-18)13-3-1-12(2-4-13)11-27-17-7-6-15(30-21(23,24)25)9-16(17)19(28)20(27)29/h1-10H,11H2. The zero-order valence-electron chi connectivity index (χ0n) is 15.1. The molecule has 0 bridgehead atoms. The van der Waals surface area contributed by atoms with Crippen LogP contribution in [0.5, 0.6) is 5.75 Å². The van der Waals surface area contributed by atoms with Crippen molar-refractivity contribution in [1.82, 2.24) is 4.98 Å². The summed E-state index contributed by atoms with van der Waals surface area (Å²) in [6.45, 7) is 0.107. The second kappa shape index (κ2) is 7.56. The van der Waals surface area contributed by atoms with Crippen molar-refractivity contribution in [3.05, 3.63) is 76.5 Å². The molecule has 2 aromatic carbocycles. The number of rotatable bonds is 4. The summed E-state index contributed by atoms with van der Waals surface area (Å²) in [7, 11) is 0. The van der Waals surface area contributed by atoms with Gasteiger partial charge in [-0.15, -0.1) is 13.2 Å². The predicted molar refractivity (Wildman–Crippen MR) is 106 cm³/mol. The summed E-state index contributed by atoms with van der Waals surface area (Å²) in [6, 6.07) is 14.4. The fourth-order valence-corrected chi connectivity index (χ4v) is 3.40. The number of carbonyl (C=O) groups is 2. The zero-order valence-corrected chi connectivity index (χ0v) is 16.7. The lowest BCUT2D eigenvalue weighted by Crippen LogP contribution is -2.29. The van der Waals surface area contributed by atoms with Gasteiger partial charge in [0, 0.05) is 11.8 Å². The Morgan fingerprint density at radius 3 is 2.30 bits per heavy atom. The number of hydrogen-bond donors (Lipinski definition) is 0. The van der Waals surface area contributed by atoms with Crippen LogP contribution in [0.3, 0.4) is 0 Å². The summed E-state index contributed by atoms with van der Waals surface area (Å²) in [5.74, 6) is -2.21. The lowest BCUT2D eigenvalue weighted by Gasteiger charge is -2.17. The number of benzene rings is 2. The van der Waals surface area contributed by atoms with E-state index in [2.05, 4.69) is 25.7 Å². The lowest BCUT2D eigenvalue weighted by atomic mass is 10.1. The fraction of sp³-hybridized carbons (Fsp3) is 0.0952. The highest BCUT2D eigenvalue weighted by molar-refractivity contribution is 9.10. The second-order valence-electron chi connectivity index (χ2n) is 6.51. The number of halogens is 4. The number of ketones is 1. The monoisotopic (exact) mass is 476 g/mol. The van der Waals surface area contributed by atoms with Crippen LogP contribution in [-0.2, 0) is 11.3 Å². The maximum atomic E-state index is 12.4. The Morgan fingerprint density at radius 2 is 1.67 bits per heavy atom. The van der Waals surface area contributed by atoms with Crippen LogP contribution in [0.25, 0.3) is 11.1 Å². The highest BCUT2D eigenvalue weighted by atomic mass is 79.9. The van der Waals surface area contributed by atoms with Crippen molar-refractivity contribution in [3.8, 4) is 16.9 Å². The average molecular weight is 477 g/mol. The number of fused-ring (bicyclic) bond motifs is 1. The molecule has 0 saturated carbocycles. The Morgan fingerprint density at radius 1 is 0.967 bits per heavy atom. The maximum Gasteiger partial charge on any atom is 0.573 e. The molecule has 0 aliphatic carbocycles. The van der Waals surface area contributed by atoms with E-state index >= 15 is 0 Å². The van der Waals surface area contributed by atoms with E-state index in [0.717, 1.165) is 33.4 Å². The van der Waals surface area contributed by atoms with Crippen molar-refractivity contribution in [2.45, 2.75) is 12.9 Å². The van der Waals surface area contributed by atoms with Gasteiger partial charge in [-0.1, -0.05) is 30.3 Å². The number of amides is 1. The highest BCUT2D eigenvalue weighted by Crippen LogP contribution is 2.35. The molecule has 3 aromatic rings. The molecule has 0 fully saturated rings. The van der Waals surface area contributed by atoms with Crippen LogP contribution >= 0.6 is 15.9 Å². The quantitative estimate of drug-likeness (QED) is 0.386. The number of Topliss-reactive ketones (excluding diaryl/α,β-unsaturated/α-hetero) is 1. The minimum absolute atomic E-state index is 0.107. The topological polar surface area (TPSA) is 59.5 Å². The van der Waals surface area contributed by atoms with Gasteiger partial charge in [-0.2, -0.15) is 0 Å². The van der Waals surface area contributed by atoms with E-state index in [1.54, 1.807) is 6.20 Å². The molecule has 1 aliphatic rings. The molecule has 2 heterocycles. The Labute approximate surface area is 177 Å². The Balaban J connectivity index is 1.56. The van der Waals surface area contributed by atoms with E-state index in [1.807, 2.05) is 36.4 Å². The Kier molecular flexibility index (Phi) is 5.07. The minimum Gasteiger partial charge on any atom is -0.406 e. The third kappa shape index (κ3) is 4.06.